The van der Waals surface area contributed by atoms with Crippen molar-refractivity contribution in [3.05, 3.63) is 40.4 Å². The van der Waals surface area contributed by atoms with Gasteiger partial charge in [-0.3, -0.25) is 9.56 Å². The number of aryl methyl sites for hydroxylation is 1. The second kappa shape index (κ2) is 3.65. The fourth-order valence-corrected chi connectivity index (χ4v) is 2.07. The SMILES string of the molecule is Cc1nnc2n1-c1ccc(Cl)cc1C=NC2O. The zero-order chi connectivity index (χ0) is 12.0. The van der Waals surface area contributed by atoms with Crippen LogP contribution in [0.1, 0.15) is 23.4 Å². The highest BCUT2D eigenvalue weighted by molar-refractivity contribution is 6.31. The molecule has 0 fully saturated rings. The van der Waals surface area contributed by atoms with Crippen molar-refractivity contribution < 1.29 is 5.11 Å². The molecule has 6 heteroatoms. The minimum Gasteiger partial charge on any atom is -0.365 e. The lowest BCUT2D eigenvalue weighted by molar-refractivity contribution is 0.177. The maximum absolute atomic E-state index is 9.84. The molecular weight excluding hydrogens is 240 g/mol. The van der Waals surface area contributed by atoms with Gasteiger partial charge in [-0.1, -0.05) is 11.6 Å². The third-order valence-corrected chi connectivity index (χ3v) is 2.90. The number of aliphatic imine (C=N–C) groups is 1. The van der Waals surface area contributed by atoms with Crippen LogP contribution in [0.15, 0.2) is 23.2 Å². The summed E-state index contributed by atoms with van der Waals surface area (Å²) in [7, 11) is 0. The first-order valence-corrected chi connectivity index (χ1v) is 5.47. The quantitative estimate of drug-likeness (QED) is 0.771. The van der Waals surface area contributed by atoms with Crippen molar-refractivity contribution in [2.45, 2.75) is 13.2 Å². The van der Waals surface area contributed by atoms with Crippen LogP contribution in [0, 0.1) is 6.92 Å². The third kappa shape index (κ3) is 1.55. The first-order chi connectivity index (χ1) is 8.16. The Morgan fingerprint density at radius 1 is 1.35 bits per heavy atom. The number of aliphatic hydroxyl groups is 1. The lowest BCUT2D eigenvalue weighted by Gasteiger charge is -2.09. The third-order valence-electron chi connectivity index (χ3n) is 2.67. The van der Waals surface area contributed by atoms with E-state index in [0.29, 0.717) is 16.7 Å². The van der Waals surface area contributed by atoms with Gasteiger partial charge in [-0.2, -0.15) is 0 Å². The summed E-state index contributed by atoms with van der Waals surface area (Å²) in [5.74, 6) is 1.12. The maximum atomic E-state index is 9.84. The molecule has 0 saturated carbocycles. The van der Waals surface area contributed by atoms with E-state index in [9.17, 15) is 5.11 Å². The molecule has 1 aliphatic rings. The van der Waals surface area contributed by atoms with Crippen LogP contribution in [0.5, 0.6) is 0 Å². The molecule has 0 bridgehead atoms. The average Bonchev–Trinajstić information content (AvgIpc) is 2.62. The van der Waals surface area contributed by atoms with Gasteiger partial charge in [0.25, 0.3) is 0 Å². The molecule has 1 aromatic carbocycles. The number of hydrogen-bond acceptors (Lipinski definition) is 4. The van der Waals surface area contributed by atoms with Crippen molar-refractivity contribution in [1.82, 2.24) is 14.8 Å². The van der Waals surface area contributed by atoms with Crippen molar-refractivity contribution in [2.24, 2.45) is 4.99 Å². The molecular formula is C11H9ClN4O. The fraction of sp³-hybridized carbons (Fsp3) is 0.182. The van der Waals surface area contributed by atoms with Gasteiger partial charge in [0.05, 0.1) is 5.69 Å². The zero-order valence-electron chi connectivity index (χ0n) is 9.00. The van der Waals surface area contributed by atoms with Crippen LogP contribution in [0.2, 0.25) is 5.02 Å². The van der Waals surface area contributed by atoms with Crippen LogP contribution in [-0.2, 0) is 0 Å². The molecule has 1 aliphatic heterocycles. The summed E-state index contributed by atoms with van der Waals surface area (Å²) < 4.78 is 1.78. The first kappa shape index (κ1) is 10.4. The molecule has 0 radical (unpaired) electrons. The highest BCUT2D eigenvalue weighted by Crippen LogP contribution is 2.26. The van der Waals surface area contributed by atoms with E-state index in [1.54, 1.807) is 22.9 Å². The van der Waals surface area contributed by atoms with Crippen LogP contribution in [0.25, 0.3) is 5.69 Å². The van der Waals surface area contributed by atoms with Gasteiger partial charge in [0, 0.05) is 16.8 Å². The summed E-state index contributed by atoms with van der Waals surface area (Å²) in [4.78, 5) is 4.01. The monoisotopic (exact) mass is 248 g/mol. The lowest BCUT2D eigenvalue weighted by Crippen LogP contribution is -2.06. The number of rotatable bonds is 0. The molecule has 1 N–H and O–H groups in total. The van der Waals surface area contributed by atoms with Crippen molar-refractivity contribution in [1.29, 1.82) is 0 Å². The minimum atomic E-state index is -0.998. The van der Waals surface area contributed by atoms with E-state index in [-0.39, 0.29) is 0 Å². The molecule has 1 unspecified atom stereocenters. The zero-order valence-corrected chi connectivity index (χ0v) is 9.76. The molecule has 86 valence electrons. The molecule has 2 heterocycles. The van der Waals surface area contributed by atoms with Crippen LogP contribution in [-0.4, -0.2) is 26.1 Å². The van der Waals surface area contributed by atoms with Gasteiger partial charge in [-0.05, 0) is 25.1 Å². The summed E-state index contributed by atoms with van der Waals surface area (Å²) in [5, 5.41) is 18.4. The van der Waals surface area contributed by atoms with E-state index in [1.165, 1.54) is 0 Å². The van der Waals surface area contributed by atoms with Crippen molar-refractivity contribution in [3.8, 4) is 5.69 Å². The van der Waals surface area contributed by atoms with Crippen molar-refractivity contribution in [3.63, 3.8) is 0 Å². The Morgan fingerprint density at radius 2 is 2.18 bits per heavy atom. The summed E-state index contributed by atoms with van der Waals surface area (Å²) in [6.45, 7) is 1.83. The minimum absolute atomic E-state index is 0.417. The molecule has 5 nitrogen and oxygen atoms in total. The number of benzene rings is 1. The second-order valence-corrected chi connectivity index (χ2v) is 4.23. The van der Waals surface area contributed by atoms with E-state index < -0.39 is 6.23 Å². The van der Waals surface area contributed by atoms with E-state index in [4.69, 9.17) is 11.6 Å². The average molecular weight is 249 g/mol. The normalized spacial score (nSPS) is 17.5. The number of aromatic nitrogens is 3. The molecule has 3 rings (SSSR count). The second-order valence-electron chi connectivity index (χ2n) is 3.80. The van der Waals surface area contributed by atoms with Crippen LogP contribution >= 0.6 is 11.6 Å². The predicted molar refractivity (Wildman–Crippen MR) is 63.7 cm³/mol. The largest absolute Gasteiger partial charge is 0.365 e. The van der Waals surface area contributed by atoms with Crippen LogP contribution in [0.4, 0.5) is 0 Å². The van der Waals surface area contributed by atoms with Gasteiger partial charge < -0.3 is 5.11 Å². The van der Waals surface area contributed by atoms with Gasteiger partial charge in [-0.15, -0.1) is 10.2 Å². The number of aliphatic hydroxyl groups excluding tert-OH is 1. The molecule has 0 amide bonds. The molecule has 0 spiro atoms. The molecule has 2 aromatic rings. The standard InChI is InChI=1S/C11H9ClN4O/c1-6-14-15-10-11(17)13-5-7-4-8(12)2-3-9(7)16(6)10/h2-5,11,17H,1H3. The van der Waals surface area contributed by atoms with Gasteiger partial charge in [0.2, 0.25) is 6.23 Å². The van der Waals surface area contributed by atoms with E-state index in [1.807, 2.05) is 13.0 Å². The topological polar surface area (TPSA) is 63.3 Å². The number of hydrogen-bond donors (Lipinski definition) is 1. The van der Waals surface area contributed by atoms with E-state index in [0.717, 1.165) is 11.3 Å². The number of halogens is 1. The molecule has 1 aromatic heterocycles. The molecule has 1 atom stereocenters. The molecule has 0 aliphatic carbocycles. The lowest BCUT2D eigenvalue weighted by atomic mass is 10.2. The smallest absolute Gasteiger partial charge is 0.206 e. The van der Waals surface area contributed by atoms with Crippen molar-refractivity contribution >= 4 is 17.8 Å². The number of nitrogens with zero attached hydrogens (tertiary/aromatic N) is 4. The Bertz CT molecular complexity index is 620. The number of fused-ring (bicyclic) bond motifs is 3. The van der Waals surface area contributed by atoms with Crippen molar-refractivity contribution in [2.75, 3.05) is 0 Å². The van der Waals surface area contributed by atoms with Crippen LogP contribution in [0.3, 0.4) is 0 Å². The summed E-state index contributed by atoms with van der Waals surface area (Å²) in [5.41, 5.74) is 1.70. The fourth-order valence-electron chi connectivity index (χ4n) is 1.89. The van der Waals surface area contributed by atoms with Gasteiger partial charge in [-0.25, -0.2) is 0 Å². The highest BCUT2D eigenvalue weighted by atomic mass is 35.5. The Morgan fingerprint density at radius 3 is 3.00 bits per heavy atom. The van der Waals surface area contributed by atoms with Crippen LogP contribution < -0.4 is 0 Å². The first-order valence-electron chi connectivity index (χ1n) is 5.10. The van der Waals surface area contributed by atoms with Gasteiger partial charge in [0.15, 0.2) is 5.82 Å². The van der Waals surface area contributed by atoms with Gasteiger partial charge in [0.1, 0.15) is 5.82 Å². The Hall–Kier alpha value is -1.72. The highest BCUT2D eigenvalue weighted by Gasteiger charge is 2.21. The predicted octanol–water partition coefficient (Wildman–Crippen LogP) is 1.65. The Kier molecular flexibility index (Phi) is 2.24. The maximum Gasteiger partial charge on any atom is 0.206 e. The summed E-state index contributed by atoms with van der Waals surface area (Å²) in [6, 6.07) is 5.44. The van der Waals surface area contributed by atoms with Gasteiger partial charge >= 0.3 is 0 Å². The Labute approximate surface area is 102 Å². The summed E-state index contributed by atoms with van der Waals surface area (Å²) >= 11 is 5.94. The molecule has 0 saturated heterocycles. The Balaban J connectivity index is 2.35. The summed E-state index contributed by atoms with van der Waals surface area (Å²) in [6.07, 6.45) is 0.599. The molecule has 17 heavy (non-hydrogen) atoms. The van der Waals surface area contributed by atoms with E-state index in [2.05, 4.69) is 15.2 Å². The van der Waals surface area contributed by atoms with E-state index >= 15 is 0 Å².